The third-order valence-electron chi connectivity index (χ3n) is 0.972. The van der Waals surface area contributed by atoms with E-state index >= 15 is 0 Å². The van der Waals surface area contributed by atoms with Crippen LogP contribution >= 0.6 is 0 Å². The predicted molar refractivity (Wildman–Crippen MR) is 20.6 cm³/mol. The van der Waals surface area contributed by atoms with Gasteiger partial charge in [-0.15, -0.1) is 0 Å². The van der Waals surface area contributed by atoms with Gasteiger partial charge in [-0.3, -0.25) is 4.90 Å². The van der Waals surface area contributed by atoms with E-state index in [1.807, 2.05) is 0 Å². The van der Waals surface area contributed by atoms with E-state index in [0.29, 0.717) is 0 Å². The van der Waals surface area contributed by atoms with Crippen molar-refractivity contribution in [1.82, 2.24) is 0 Å². The summed E-state index contributed by atoms with van der Waals surface area (Å²) in [4.78, 5) is 1.46. The molecule has 1 unspecified atom stereocenters. The van der Waals surface area contributed by atoms with Crippen molar-refractivity contribution in [1.29, 1.82) is 0 Å². The Morgan fingerprint density at radius 3 is 2.00 bits per heavy atom. The highest BCUT2D eigenvalue weighted by atomic mass is 15.2. The molecule has 1 aliphatic heterocycles. The third kappa shape index (κ3) is 0.329. The first-order valence-corrected chi connectivity index (χ1v) is 1.83. The lowest BCUT2D eigenvalue weighted by atomic mass is 10.7. The molecule has 0 aromatic rings. The van der Waals surface area contributed by atoms with Crippen LogP contribution in [0.4, 0.5) is 0 Å². The van der Waals surface area contributed by atoms with Crippen LogP contribution in [0.25, 0.3) is 0 Å². The van der Waals surface area contributed by atoms with Crippen LogP contribution in [0.2, 0.25) is 0 Å². The van der Waals surface area contributed by atoms with E-state index in [1.54, 1.807) is 0 Å². The Kier molecular flexibility index (Phi) is 0.350. The molecule has 0 saturated heterocycles. The largest absolute Gasteiger partial charge is 0.273 e. The molecule has 5 heavy (non-hydrogen) atoms. The van der Waals surface area contributed by atoms with Crippen molar-refractivity contribution in [3.05, 3.63) is 11.9 Å². The molecule has 1 atom stereocenters. The van der Waals surface area contributed by atoms with Crippen molar-refractivity contribution in [2.24, 2.45) is 0 Å². The Hall–Kier alpha value is -0.300. The normalized spacial score (nSPS) is 33.2. The zero-order valence-electron chi connectivity index (χ0n) is 3.58. The van der Waals surface area contributed by atoms with E-state index in [1.165, 1.54) is 10.6 Å². The summed E-state index contributed by atoms with van der Waals surface area (Å²) in [5, 5.41) is 0. The van der Waals surface area contributed by atoms with Gasteiger partial charge in [0.05, 0.1) is 7.05 Å². The molecule has 28 valence electrons. The molecule has 1 aliphatic rings. The maximum Gasteiger partial charge on any atom is 0.162 e. The molecule has 0 radical (unpaired) electrons. The highest BCUT2D eigenvalue weighted by molar-refractivity contribution is 4.90. The molecule has 0 fully saturated rings. The van der Waals surface area contributed by atoms with Gasteiger partial charge in [-0.25, -0.2) is 0 Å². The fourth-order valence-corrected chi connectivity index (χ4v) is 0.289. The average molecular weight is 70.1 g/mol. The van der Waals surface area contributed by atoms with Crippen LogP contribution in [-0.2, 0) is 0 Å². The van der Waals surface area contributed by atoms with Gasteiger partial charge in [0.15, 0.2) is 11.9 Å². The first-order chi connectivity index (χ1) is 2.30. The van der Waals surface area contributed by atoms with Crippen LogP contribution in [0.1, 0.15) is 6.92 Å². The second-order valence-electron chi connectivity index (χ2n) is 1.51. The molecule has 0 aromatic carbocycles. The molecule has 1 N–H and O–H groups in total. The Morgan fingerprint density at radius 1 is 1.80 bits per heavy atom. The maximum atomic E-state index is 2.17. The molecule has 1 heterocycles. The van der Waals surface area contributed by atoms with Gasteiger partial charge >= 0.3 is 0 Å². The number of nitrogens with one attached hydrogen (secondary N) is 1. The monoisotopic (exact) mass is 70.1 g/mol. The highest BCUT2D eigenvalue weighted by Crippen LogP contribution is 1.82. The minimum Gasteiger partial charge on any atom is -0.273 e. The van der Waals surface area contributed by atoms with Crippen LogP contribution in [0.15, 0.2) is 11.9 Å². The third-order valence-corrected chi connectivity index (χ3v) is 0.972. The summed E-state index contributed by atoms with van der Waals surface area (Å²) in [6, 6.07) is 0. The number of rotatable bonds is 0. The van der Waals surface area contributed by atoms with Gasteiger partial charge in [-0.2, -0.15) is 0 Å². The fourth-order valence-electron chi connectivity index (χ4n) is 0.289. The molecule has 0 amide bonds. The van der Waals surface area contributed by atoms with Gasteiger partial charge in [0.2, 0.25) is 0 Å². The Morgan fingerprint density at radius 2 is 2.00 bits per heavy atom. The summed E-state index contributed by atoms with van der Waals surface area (Å²) in [5.41, 5.74) is 1.46. The van der Waals surface area contributed by atoms with E-state index in [-0.39, 0.29) is 0 Å². The molecule has 0 aromatic heterocycles. The van der Waals surface area contributed by atoms with Crippen molar-refractivity contribution in [2.75, 3.05) is 7.05 Å². The minimum atomic E-state index is 1.46. The Labute approximate surface area is 31.9 Å². The lowest BCUT2D eigenvalue weighted by Gasteiger charge is -1.73. The van der Waals surface area contributed by atoms with Crippen molar-refractivity contribution in [2.45, 2.75) is 6.92 Å². The summed E-state index contributed by atoms with van der Waals surface area (Å²) in [6.45, 7) is 2.12. The maximum absolute atomic E-state index is 2.17. The molecule has 0 spiro atoms. The summed E-state index contributed by atoms with van der Waals surface area (Å²) < 4.78 is 0. The van der Waals surface area contributed by atoms with Crippen molar-refractivity contribution in [3.8, 4) is 0 Å². The van der Waals surface area contributed by atoms with Crippen LogP contribution in [0.5, 0.6) is 0 Å². The van der Waals surface area contributed by atoms with E-state index in [4.69, 9.17) is 0 Å². The zero-order chi connectivity index (χ0) is 3.86. The molecule has 0 aliphatic carbocycles. The van der Waals surface area contributed by atoms with Crippen molar-refractivity contribution >= 4 is 0 Å². The first-order valence-electron chi connectivity index (χ1n) is 1.83. The first kappa shape index (κ1) is 2.91. The summed E-state index contributed by atoms with van der Waals surface area (Å²) in [6.07, 6.45) is 2.17. The molecular weight excluding hydrogens is 62.1 g/mol. The topological polar surface area (TPSA) is 4.44 Å². The van der Waals surface area contributed by atoms with Gasteiger partial charge in [0.25, 0.3) is 0 Å². The van der Waals surface area contributed by atoms with E-state index in [0.717, 1.165) is 0 Å². The number of hydrogen-bond donors (Lipinski definition) is 1. The standard InChI is InChI=1S/C4H7N/c1-4-3-5(4)2/h3H,1-2H3/p+1. The molecular formula is C4H8N+. The Bertz CT molecular complexity index is 73.7. The molecule has 1 heteroatoms. The van der Waals surface area contributed by atoms with Crippen LogP contribution < -0.4 is 4.90 Å². The second-order valence-corrected chi connectivity index (χ2v) is 1.51. The average Bonchev–Trinajstić information content (AvgIpc) is 1.79. The lowest BCUT2D eigenvalue weighted by molar-refractivity contribution is -0.708. The number of allylic oxidation sites excluding steroid dienone is 1. The van der Waals surface area contributed by atoms with E-state index < -0.39 is 0 Å². The predicted octanol–water partition coefficient (Wildman–Crippen LogP) is -0.624. The molecule has 0 bridgehead atoms. The van der Waals surface area contributed by atoms with Gasteiger partial charge in [-0.05, 0) is 0 Å². The zero-order valence-corrected chi connectivity index (χ0v) is 3.58. The van der Waals surface area contributed by atoms with E-state index in [2.05, 4.69) is 20.2 Å². The summed E-state index contributed by atoms with van der Waals surface area (Å²) in [7, 11) is 2.12. The summed E-state index contributed by atoms with van der Waals surface area (Å²) >= 11 is 0. The summed E-state index contributed by atoms with van der Waals surface area (Å²) in [5.74, 6) is 0. The fraction of sp³-hybridized carbons (Fsp3) is 0.500. The SMILES string of the molecule is CC1=C[NH+]1C. The quantitative estimate of drug-likeness (QED) is 0.387. The van der Waals surface area contributed by atoms with Gasteiger partial charge in [0, 0.05) is 6.92 Å². The number of quaternary nitrogens is 1. The minimum absolute atomic E-state index is 1.46. The van der Waals surface area contributed by atoms with Crippen LogP contribution in [0, 0.1) is 0 Å². The van der Waals surface area contributed by atoms with Crippen molar-refractivity contribution < 1.29 is 4.90 Å². The van der Waals surface area contributed by atoms with Crippen LogP contribution in [-0.4, -0.2) is 7.05 Å². The number of hydrogen-bond acceptors (Lipinski definition) is 0. The van der Waals surface area contributed by atoms with Crippen molar-refractivity contribution in [3.63, 3.8) is 0 Å². The smallest absolute Gasteiger partial charge is 0.162 e. The second kappa shape index (κ2) is 0.601. The molecule has 0 saturated carbocycles. The van der Waals surface area contributed by atoms with Gasteiger partial charge in [-0.1, -0.05) is 0 Å². The molecule has 1 nitrogen and oxygen atoms in total. The van der Waals surface area contributed by atoms with Gasteiger partial charge in [0.1, 0.15) is 0 Å². The highest BCUT2D eigenvalue weighted by Gasteiger charge is 2.15. The van der Waals surface area contributed by atoms with E-state index in [9.17, 15) is 0 Å². The van der Waals surface area contributed by atoms with Crippen LogP contribution in [0.3, 0.4) is 0 Å². The molecule has 1 rings (SSSR count). The Balaban J connectivity index is 2.38. The van der Waals surface area contributed by atoms with Gasteiger partial charge < -0.3 is 0 Å². The lowest BCUT2D eigenvalue weighted by Crippen LogP contribution is -2.88.